The molecule has 1 unspecified atom stereocenters. The molecule has 3 fully saturated rings. The minimum Gasteiger partial charge on any atom is -0.463 e. The zero-order valence-electron chi connectivity index (χ0n) is 24.1. The lowest BCUT2D eigenvalue weighted by Crippen LogP contribution is -2.58. The first-order valence-electron chi connectivity index (χ1n) is 14.4. The SMILES string of the molecule is C=CCCC(=O)OC[C@@H](NC(=O)[C@@H]1[C@H]2O[C@@]3(CC2Br)[C@H](C(=O)N(CC=C)C(C)C)N(CCO)C(=O)[C@@H]13)c1ccccc1. The number of halogens is 1. The first-order chi connectivity index (χ1) is 20.1. The maximum absolute atomic E-state index is 14.1. The van der Waals surface area contributed by atoms with E-state index in [1.54, 1.807) is 17.1 Å². The molecule has 0 radical (unpaired) electrons. The number of aliphatic hydroxyl groups is 1. The van der Waals surface area contributed by atoms with E-state index >= 15 is 0 Å². The molecule has 7 atom stereocenters. The molecule has 228 valence electrons. The van der Waals surface area contributed by atoms with E-state index in [4.69, 9.17) is 9.47 Å². The number of esters is 1. The Balaban J connectivity index is 1.64. The number of carbonyl (C=O) groups is 4. The minimum absolute atomic E-state index is 0.0594. The summed E-state index contributed by atoms with van der Waals surface area (Å²) >= 11 is 3.67. The number of benzene rings is 1. The number of aliphatic hydroxyl groups excluding tert-OH is 1. The van der Waals surface area contributed by atoms with Crippen molar-refractivity contribution in [3.05, 3.63) is 61.2 Å². The quantitative estimate of drug-likeness (QED) is 0.181. The average molecular weight is 647 g/mol. The third-order valence-corrected chi connectivity index (χ3v) is 9.23. The topological polar surface area (TPSA) is 125 Å². The van der Waals surface area contributed by atoms with Crippen LogP contribution in [0, 0.1) is 11.8 Å². The number of nitrogens with zero attached hydrogens (tertiary/aromatic N) is 2. The molecule has 3 amide bonds. The van der Waals surface area contributed by atoms with Gasteiger partial charge in [-0.2, -0.15) is 0 Å². The van der Waals surface area contributed by atoms with E-state index in [1.165, 1.54) is 4.90 Å². The highest BCUT2D eigenvalue weighted by atomic mass is 79.9. The third-order valence-electron chi connectivity index (χ3n) is 8.38. The molecule has 2 N–H and O–H groups in total. The van der Waals surface area contributed by atoms with Crippen molar-refractivity contribution < 1.29 is 33.8 Å². The Morgan fingerprint density at radius 2 is 1.98 bits per heavy atom. The van der Waals surface area contributed by atoms with Gasteiger partial charge in [0.15, 0.2) is 0 Å². The summed E-state index contributed by atoms with van der Waals surface area (Å²) in [4.78, 5) is 57.1. The smallest absolute Gasteiger partial charge is 0.306 e. The zero-order valence-corrected chi connectivity index (χ0v) is 25.7. The van der Waals surface area contributed by atoms with Crippen LogP contribution >= 0.6 is 15.9 Å². The summed E-state index contributed by atoms with van der Waals surface area (Å²) in [5.41, 5.74) is -0.501. The summed E-state index contributed by atoms with van der Waals surface area (Å²) in [5, 5.41) is 12.9. The molecule has 1 aromatic rings. The third kappa shape index (κ3) is 5.91. The Morgan fingerprint density at radius 1 is 1.26 bits per heavy atom. The number of rotatable bonds is 14. The summed E-state index contributed by atoms with van der Waals surface area (Å²) in [6.45, 7) is 11.0. The Bertz CT molecular complexity index is 1190. The van der Waals surface area contributed by atoms with E-state index in [-0.39, 0.29) is 55.4 Å². The van der Waals surface area contributed by atoms with Gasteiger partial charge >= 0.3 is 5.97 Å². The predicted molar refractivity (Wildman–Crippen MR) is 159 cm³/mol. The fourth-order valence-corrected chi connectivity index (χ4v) is 7.49. The fourth-order valence-electron chi connectivity index (χ4n) is 6.55. The minimum atomic E-state index is -1.24. The second-order valence-corrected chi connectivity index (χ2v) is 12.5. The van der Waals surface area contributed by atoms with Crippen LogP contribution < -0.4 is 5.32 Å². The van der Waals surface area contributed by atoms with Gasteiger partial charge in [0.1, 0.15) is 18.2 Å². The van der Waals surface area contributed by atoms with Crippen molar-refractivity contribution >= 4 is 39.6 Å². The Kier molecular flexibility index (Phi) is 10.3. The average Bonchev–Trinajstić information content (AvgIpc) is 3.56. The van der Waals surface area contributed by atoms with E-state index in [0.29, 0.717) is 12.8 Å². The van der Waals surface area contributed by atoms with Crippen molar-refractivity contribution in [2.45, 2.75) is 67.8 Å². The number of nitrogens with one attached hydrogen (secondary N) is 1. The van der Waals surface area contributed by atoms with Gasteiger partial charge < -0.3 is 29.7 Å². The number of fused-ring (bicyclic) bond motifs is 1. The number of amides is 3. The van der Waals surface area contributed by atoms with Crippen molar-refractivity contribution in [1.29, 1.82) is 0 Å². The van der Waals surface area contributed by atoms with Crippen molar-refractivity contribution in [3.8, 4) is 0 Å². The van der Waals surface area contributed by atoms with Gasteiger partial charge in [-0.1, -0.05) is 58.4 Å². The number of β-amino-alcohol motifs (C(OH)–C–C–N with tert-alkyl or cyclic N) is 1. The maximum Gasteiger partial charge on any atom is 0.306 e. The zero-order chi connectivity index (χ0) is 30.6. The molecule has 3 heterocycles. The van der Waals surface area contributed by atoms with E-state index in [1.807, 2.05) is 44.2 Å². The monoisotopic (exact) mass is 645 g/mol. The van der Waals surface area contributed by atoms with Crippen molar-refractivity contribution in [2.24, 2.45) is 11.8 Å². The van der Waals surface area contributed by atoms with Gasteiger partial charge in [-0.05, 0) is 32.3 Å². The maximum atomic E-state index is 14.1. The number of likely N-dealkylation sites (tertiary alicyclic amines) is 1. The largest absolute Gasteiger partial charge is 0.463 e. The lowest BCUT2D eigenvalue weighted by atomic mass is 9.70. The predicted octanol–water partition coefficient (Wildman–Crippen LogP) is 2.52. The summed E-state index contributed by atoms with van der Waals surface area (Å²) in [5.74, 6) is -3.34. The summed E-state index contributed by atoms with van der Waals surface area (Å²) in [6, 6.07) is 7.31. The molecule has 0 saturated carbocycles. The number of alkyl halides is 1. The molecule has 3 aliphatic heterocycles. The van der Waals surface area contributed by atoms with Crippen molar-refractivity contribution in [1.82, 2.24) is 15.1 Å². The molecule has 1 aromatic carbocycles. The lowest BCUT2D eigenvalue weighted by molar-refractivity contribution is -0.149. The number of hydrogen-bond acceptors (Lipinski definition) is 7. The van der Waals surface area contributed by atoms with Crippen LogP contribution in [-0.4, -0.2) is 93.5 Å². The van der Waals surface area contributed by atoms with Crippen LogP contribution in [0.3, 0.4) is 0 Å². The van der Waals surface area contributed by atoms with Crippen LogP contribution in [0.2, 0.25) is 0 Å². The van der Waals surface area contributed by atoms with Crippen LogP contribution in [0.4, 0.5) is 0 Å². The molecular formula is C31H40BrN3O7. The molecule has 1 spiro atoms. The molecule has 42 heavy (non-hydrogen) atoms. The van der Waals surface area contributed by atoms with Crippen LogP contribution in [0.1, 0.15) is 44.7 Å². The van der Waals surface area contributed by atoms with Gasteiger partial charge in [-0.25, -0.2) is 0 Å². The molecular weight excluding hydrogens is 606 g/mol. The van der Waals surface area contributed by atoms with E-state index in [0.717, 1.165) is 5.56 Å². The van der Waals surface area contributed by atoms with Crippen molar-refractivity contribution in [2.75, 3.05) is 26.3 Å². The molecule has 3 saturated heterocycles. The first kappa shape index (κ1) is 31.9. The normalized spacial score (nSPS) is 28.4. The van der Waals surface area contributed by atoms with Gasteiger partial charge in [0, 0.05) is 30.4 Å². The highest BCUT2D eigenvalue weighted by Crippen LogP contribution is 2.60. The number of hydrogen-bond donors (Lipinski definition) is 2. The molecule has 0 aliphatic carbocycles. The lowest BCUT2D eigenvalue weighted by Gasteiger charge is -2.38. The van der Waals surface area contributed by atoms with E-state index in [2.05, 4.69) is 34.4 Å². The number of ether oxygens (including phenoxy) is 2. The summed E-state index contributed by atoms with van der Waals surface area (Å²) in [6.07, 6.45) is 3.63. The Labute approximate surface area is 255 Å². The molecule has 4 rings (SSSR count). The molecule has 3 aliphatic rings. The Hall–Kier alpha value is -3.02. The number of carbonyl (C=O) groups excluding carboxylic acids is 4. The van der Waals surface area contributed by atoms with Gasteiger partial charge in [0.05, 0.1) is 30.6 Å². The highest BCUT2D eigenvalue weighted by Gasteiger charge is 2.76. The summed E-state index contributed by atoms with van der Waals surface area (Å²) < 4.78 is 12.0. The summed E-state index contributed by atoms with van der Waals surface area (Å²) in [7, 11) is 0. The van der Waals surface area contributed by atoms with E-state index < -0.39 is 47.5 Å². The number of allylic oxidation sites excluding steroid dienone is 1. The molecule has 10 nitrogen and oxygen atoms in total. The van der Waals surface area contributed by atoms with Crippen LogP contribution in [0.25, 0.3) is 0 Å². The first-order valence-corrected chi connectivity index (χ1v) is 15.3. The second kappa shape index (κ2) is 13.5. The van der Waals surface area contributed by atoms with Gasteiger partial charge in [0.2, 0.25) is 17.7 Å². The second-order valence-electron chi connectivity index (χ2n) is 11.3. The molecule has 0 aromatic heterocycles. The van der Waals surface area contributed by atoms with Crippen molar-refractivity contribution in [3.63, 3.8) is 0 Å². The van der Waals surface area contributed by atoms with Gasteiger partial charge in [-0.15, -0.1) is 13.2 Å². The van der Waals surface area contributed by atoms with Gasteiger partial charge in [0.25, 0.3) is 0 Å². The molecule has 2 bridgehead atoms. The fraction of sp³-hybridized carbons (Fsp3) is 0.548. The Morgan fingerprint density at radius 3 is 2.60 bits per heavy atom. The molecule has 11 heteroatoms. The van der Waals surface area contributed by atoms with Crippen LogP contribution in [-0.2, 0) is 28.7 Å². The van der Waals surface area contributed by atoms with Crippen LogP contribution in [0.15, 0.2) is 55.6 Å². The van der Waals surface area contributed by atoms with E-state index in [9.17, 15) is 24.3 Å². The highest BCUT2D eigenvalue weighted by molar-refractivity contribution is 9.09. The van der Waals surface area contributed by atoms with Crippen LogP contribution in [0.5, 0.6) is 0 Å². The van der Waals surface area contributed by atoms with Gasteiger partial charge in [-0.3, -0.25) is 19.2 Å². The standard InChI is InChI=1S/C31H40BrN3O7/c1-5-7-13-23(37)41-18-22(20-11-9-8-10-12-20)33-28(38)24-25-29(39)35(15-16-36)27(30(40)34(14-6-2)19(3)4)31(25)17-21(32)26(24)42-31/h5-6,8-12,19,21-22,24-27,36H,1-2,7,13-18H2,3-4H3,(H,33,38)/t21?,22-,24+,25-,26+,27+,31-/m1/s1.